The summed E-state index contributed by atoms with van der Waals surface area (Å²) in [6, 6.07) is 2.08. The van der Waals surface area contributed by atoms with E-state index in [1.165, 1.54) is 5.69 Å². The van der Waals surface area contributed by atoms with Crippen LogP contribution in [0.3, 0.4) is 0 Å². The highest BCUT2D eigenvalue weighted by Gasteiger charge is 2.04. The number of anilines is 1. The van der Waals surface area contributed by atoms with Gasteiger partial charge in [0.25, 0.3) is 0 Å². The summed E-state index contributed by atoms with van der Waals surface area (Å²) in [5, 5.41) is 4.38. The zero-order valence-electron chi connectivity index (χ0n) is 9.01. The molecule has 0 bridgehead atoms. The number of nitrogen functional groups attached to an aromatic ring is 1. The van der Waals surface area contributed by atoms with Crippen LogP contribution in [0.15, 0.2) is 18.6 Å². The van der Waals surface area contributed by atoms with Crippen LogP contribution in [0, 0.1) is 6.92 Å². The second kappa shape index (κ2) is 3.76. The Morgan fingerprint density at radius 2 is 2.27 bits per heavy atom. The van der Waals surface area contributed by atoms with Crippen LogP contribution in [0.5, 0.6) is 0 Å². The number of rotatable bonds is 3. The molecule has 0 aliphatic heterocycles. The maximum atomic E-state index is 5.55. The van der Waals surface area contributed by atoms with E-state index in [1.54, 1.807) is 6.33 Å². The van der Waals surface area contributed by atoms with Crippen molar-refractivity contribution in [3.8, 4) is 0 Å². The first-order valence-electron chi connectivity index (χ1n) is 4.99. The molecule has 2 rings (SSSR count). The first-order chi connectivity index (χ1) is 7.19. The van der Waals surface area contributed by atoms with E-state index in [2.05, 4.69) is 23.1 Å². The summed E-state index contributed by atoms with van der Waals surface area (Å²) in [5.74, 6) is 0.550. The molecule has 2 aromatic rings. The molecule has 0 radical (unpaired) electrons. The minimum absolute atomic E-state index is 0.550. The number of aryl methyl sites for hydroxylation is 2. The van der Waals surface area contributed by atoms with Crippen molar-refractivity contribution in [1.82, 2.24) is 19.3 Å². The van der Waals surface area contributed by atoms with Gasteiger partial charge in [-0.2, -0.15) is 5.10 Å². The fourth-order valence-corrected chi connectivity index (χ4v) is 1.65. The molecule has 2 aromatic heterocycles. The molecule has 5 heteroatoms. The number of nitrogens with zero attached hydrogens (tertiary/aromatic N) is 4. The molecule has 0 aliphatic carbocycles. The van der Waals surface area contributed by atoms with E-state index >= 15 is 0 Å². The zero-order valence-corrected chi connectivity index (χ0v) is 9.01. The summed E-state index contributed by atoms with van der Waals surface area (Å²) in [6.45, 7) is 5.72. The Kier molecular flexibility index (Phi) is 2.45. The Balaban J connectivity index is 2.23. The van der Waals surface area contributed by atoms with Crippen LogP contribution in [0.2, 0.25) is 0 Å². The van der Waals surface area contributed by atoms with Gasteiger partial charge in [0.1, 0.15) is 5.82 Å². The molecule has 0 saturated heterocycles. The standard InChI is InChI=1S/C10H15N5/c1-3-15-9(4-8(2)13-15)5-14-6-10(11)12-7-14/h4,6-7H,3,5,11H2,1-2H3. The lowest BCUT2D eigenvalue weighted by Gasteiger charge is -2.04. The van der Waals surface area contributed by atoms with Gasteiger partial charge in [-0.05, 0) is 19.9 Å². The highest BCUT2D eigenvalue weighted by atomic mass is 15.3. The van der Waals surface area contributed by atoms with Gasteiger partial charge in [-0.3, -0.25) is 4.68 Å². The van der Waals surface area contributed by atoms with Crippen molar-refractivity contribution in [3.63, 3.8) is 0 Å². The SMILES string of the molecule is CCn1nc(C)cc1Cn1cnc(N)c1. The molecule has 80 valence electrons. The Morgan fingerprint density at radius 3 is 2.87 bits per heavy atom. The van der Waals surface area contributed by atoms with Crippen molar-refractivity contribution in [2.75, 3.05) is 5.73 Å². The lowest BCUT2D eigenvalue weighted by Crippen LogP contribution is -2.06. The largest absolute Gasteiger partial charge is 0.382 e. The lowest BCUT2D eigenvalue weighted by molar-refractivity contribution is 0.597. The fourth-order valence-electron chi connectivity index (χ4n) is 1.65. The molecule has 0 spiro atoms. The number of imidazole rings is 1. The van der Waals surface area contributed by atoms with Gasteiger partial charge in [-0.1, -0.05) is 0 Å². The summed E-state index contributed by atoms with van der Waals surface area (Å²) >= 11 is 0. The molecule has 0 amide bonds. The molecule has 2 heterocycles. The minimum Gasteiger partial charge on any atom is -0.382 e. The molecule has 2 N–H and O–H groups in total. The zero-order chi connectivity index (χ0) is 10.8. The summed E-state index contributed by atoms with van der Waals surface area (Å²) in [7, 11) is 0. The average molecular weight is 205 g/mol. The van der Waals surface area contributed by atoms with Crippen molar-refractivity contribution in [3.05, 3.63) is 30.0 Å². The quantitative estimate of drug-likeness (QED) is 0.814. The summed E-state index contributed by atoms with van der Waals surface area (Å²) in [4.78, 5) is 3.99. The topological polar surface area (TPSA) is 61.7 Å². The van der Waals surface area contributed by atoms with E-state index < -0.39 is 0 Å². The van der Waals surface area contributed by atoms with Gasteiger partial charge < -0.3 is 10.3 Å². The van der Waals surface area contributed by atoms with Crippen LogP contribution < -0.4 is 5.73 Å². The van der Waals surface area contributed by atoms with E-state index in [-0.39, 0.29) is 0 Å². The van der Waals surface area contributed by atoms with Crippen molar-refractivity contribution >= 4 is 5.82 Å². The molecule has 0 aromatic carbocycles. The Morgan fingerprint density at radius 1 is 1.47 bits per heavy atom. The van der Waals surface area contributed by atoms with Crippen molar-refractivity contribution in [2.24, 2.45) is 0 Å². The predicted molar refractivity (Wildman–Crippen MR) is 58.4 cm³/mol. The molecular weight excluding hydrogens is 190 g/mol. The van der Waals surface area contributed by atoms with Crippen LogP contribution in [0.1, 0.15) is 18.3 Å². The Hall–Kier alpha value is -1.78. The smallest absolute Gasteiger partial charge is 0.141 e. The second-order valence-corrected chi connectivity index (χ2v) is 3.56. The molecule has 0 fully saturated rings. The third-order valence-electron chi connectivity index (χ3n) is 2.28. The molecule has 5 nitrogen and oxygen atoms in total. The third-order valence-corrected chi connectivity index (χ3v) is 2.28. The highest BCUT2D eigenvalue weighted by Crippen LogP contribution is 2.07. The first kappa shape index (κ1) is 9.76. The second-order valence-electron chi connectivity index (χ2n) is 3.56. The van der Waals surface area contributed by atoms with Crippen LogP contribution >= 0.6 is 0 Å². The highest BCUT2D eigenvalue weighted by molar-refractivity contribution is 5.23. The summed E-state index contributed by atoms with van der Waals surface area (Å²) in [6.07, 6.45) is 3.56. The Bertz CT molecular complexity index is 454. The fraction of sp³-hybridized carbons (Fsp3) is 0.400. The molecule has 0 unspecified atom stereocenters. The lowest BCUT2D eigenvalue weighted by atomic mass is 10.3. The van der Waals surface area contributed by atoms with Crippen LogP contribution in [0.25, 0.3) is 0 Å². The van der Waals surface area contributed by atoms with Gasteiger partial charge in [0.15, 0.2) is 0 Å². The maximum absolute atomic E-state index is 5.55. The van der Waals surface area contributed by atoms with E-state index in [9.17, 15) is 0 Å². The normalized spacial score (nSPS) is 10.8. The van der Waals surface area contributed by atoms with Crippen LogP contribution in [-0.4, -0.2) is 19.3 Å². The Labute approximate surface area is 88.5 Å². The van der Waals surface area contributed by atoms with E-state index in [0.717, 1.165) is 18.8 Å². The number of nitrogens with two attached hydrogens (primary N) is 1. The van der Waals surface area contributed by atoms with E-state index in [4.69, 9.17) is 5.73 Å². The van der Waals surface area contributed by atoms with Crippen LogP contribution in [0.4, 0.5) is 5.82 Å². The van der Waals surface area contributed by atoms with E-state index in [1.807, 2.05) is 22.4 Å². The minimum atomic E-state index is 0.550. The molecule has 15 heavy (non-hydrogen) atoms. The van der Waals surface area contributed by atoms with E-state index in [0.29, 0.717) is 5.82 Å². The molecular formula is C10H15N5. The predicted octanol–water partition coefficient (Wildman–Crippen LogP) is 1.04. The molecule has 0 atom stereocenters. The number of aromatic nitrogens is 4. The molecule has 0 saturated carbocycles. The van der Waals surface area contributed by atoms with Gasteiger partial charge in [0.2, 0.25) is 0 Å². The van der Waals surface area contributed by atoms with Gasteiger partial charge in [-0.25, -0.2) is 4.98 Å². The molecule has 0 aliphatic rings. The van der Waals surface area contributed by atoms with Crippen LogP contribution in [-0.2, 0) is 13.1 Å². The summed E-state index contributed by atoms with van der Waals surface area (Å²) in [5.41, 5.74) is 7.77. The number of hydrogen-bond donors (Lipinski definition) is 1. The van der Waals surface area contributed by atoms with Gasteiger partial charge >= 0.3 is 0 Å². The van der Waals surface area contributed by atoms with Crippen molar-refractivity contribution in [2.45, 2.75) is 26.9 Å². The van der Waals surface area contributed by atoms with Crippen molar-refractivity contribution < 1.29 is 0 Å². The monoisotopic (exact) mass is 205 g/mol. The first-order valence-corrected chi connectivity index (χ1v) is 4.99. The summed E-state index contributed by atoms with van der Waals surface area (Å²) < 4.78 is 3.95. The average Bonchev–Trinajstić information content (AvgIpc) is 2.73. The maximum Gasteiger partial charge on any atom is 0.141 e. The van der Waals surface area contributed by atoms with Gasteiger partial charge in [0, 0.05) is 12.7 Å². The van der Waals surface area contributed by atoms with Gasteiger partial charge in [0.05, 0.1) is 24.3 Å². The van der Waals surface area contributed by atoms with Crippen molar-refractivity contribution in [1.29, 1.82) is 0 Å². The third kappa shape index (κ3) is 2.01. The number of hydrogen-bond acceptors (Lipinski definition) is 3. The van der Waals surface area contributed by atoms with Gasteiger partial charge in [-0.15, -0.1) is 0 Å².